The summed E-state index contributed by atoms with van der Waals surface area (Å²) in [5, 5.41) is 0.561. The molecule has 3 nitrogen and oxygen atoms in total. The summed E-state index contributed by atoms with van der Waals surface area (Å²) >= 11 is 5.98. The maximum atomic E-state index is 5.98. The third kappa shape index (κ3) is 3.29. The van der Waals surface area contributed by atoms with Crippen LogP contribution in [0.15, 0.2) is 12.1 Å². The molecule has 1 aromatic rings. The fraction of sp³-hybridized carbons (Fsp3) is 0.455. The first-order valence-corrected chi connectivity index (χ1v) is 5.24. The lowest BCUT2D eigenvalue weighted by Crippen LogP contribution is -2.06. The highest BCUT2D eigenvalue weighted by atomic mass is 35.5. The highest BCUT2D eigenvalue weighted by molar-refractivity contribution is 6.32. The number of halogens is 1. The van der Waals surface area contributed by atoms with Gasteiger partial charge in [-0.15, -0.1) is 0 Å². The molecule has 0 unspecified atom stereocenters. The first kappa shape index (κ1) is 12.1. The van der Waals surface area contributed by atoms with Crippen molar-refractivity contribution in [2.45, 2.75) is 13.3 Å². The normalized spacial score (nSPS) is 10.1. The summed E-state index contributed by atoms with van der Waals surface area (Å²) in [5.74, 6) is 1.45. The molecule has 4 heteroatoms. The van der Waals surface area contributed by atoms with Crippen LogP contribution in [0.25, 0.3) is 0 Å². The number of ether oxygens (including phenoxy) is 2. The van der Waals surface area contributed by atoms with Crippen molar-refractivity contribution in [2.75, 3.05) is 20.3 Å². The summed E-state index contributed by atoms with van der Waals surface area (Å²) in [6, 6.07) is 3.63. The van der Waals surface area contributed by atoms with Crippen molar-refractivity contribution in [1.82, 2.24) is 0 Å². The average molecular weight is 230 g/mol. The van der Waals surface area contributed by atoms with Crippen molar-refractivity contribution in [1.29, 1.82) is 0 Å². The lowest BCUT2D eigenvalue weighted by Gasteiger charge is -2.11. The average Bonchev–Trinajstić information content (AvgIpc) is 2.23. The smallest absolute Gasteiger partial charge is 0.137 e. The van der Waals surface area contributed by atoms with Crippen LogP contribution in [0.4, 0.5) is 0 Å². The fourth-order valence-corrected chi connectivity index (χ4v) is 1.44. The van der Waals surface area contributed by atoms with Gasteiger partial charge in [-0.2, -0.15) is 0 Å². The van der Waals surface area contributed by atoms with E-state index in [0.717, 1.165) is 17.7 Å². The topological polar surface area (TPSA) is 44.5 Å². The molecule has 0 saturated carbocycles. The van der Waals surface area contributed by atoms with Crippen LogP contribution >= 0.6 is 11.6 Å². The predicted molar refractivity (Wildman–Crippen MR) is 61.9 cm³/mol. The number of rotatable bonds is 5. The maximum absolute atomic E-state index is 5.98. The van der Waals surface area contributed by atoms with Gasteiger partial charge in [0.25, 0.3) is 0 Å². The van der Waals surface area contributed by atoms with Crippen LogP contribution in [-0.2, 0) is 0 Å². The fourth-order valence-electron chi connectivity index (χ4n) is 1.21. The second-order valence-corrected chi connectivity index (χ2v) is 3.65. The minimum atomic E-state index is 0.561. The standard InChI is InChI=1S/C11H16ClNO2/c1-8-6-11(14-2)9(12)7-10(8)15-5-3-4-13/h6-7H,3-5,13H2,1-2H3. The van der Waals surface area contributed by atoms with E-state index in [2.05, 4.69) is 0 Å². The van der Waals surface area contributed by atoms with Crippen molar-refractivity contribution in [2.24, 2.45) is 5.73 Å². The predicted octanol–water partition coefficient (Wildman–Crippen LogP) is 2.38. The number of hydrogen-bond acceptors (Lipinski definition) is 3. The molecule has 0 aliphatic heterocycles. The van der Waals surface area contributed by atoms with Crippen LogP contribution in [0.5, 0.6) is 11.5 Å². The molecular weight excluding hydrogens is 214 g/mol. The van der Waals surface area contributed by atoms with Gasteiger partial charge < -0.3 is 15.2 Å². The molecule has 0 aromatic heterocycles. The zero-order chi connectivity index (χ0) is 11.3. The Hall–Kier alpha value is -0.930. The first-order chi connectivity index (χ1) is 7.19. The van der Waals surface area contributed by atoms with Gasteiger partial charge in [0.2, 0.25) is 0 Å². The summed E-state index contributed by atoms with van der Waals surface area (Å²) in [5.41, 5.74) is 6.39. The van der Waals surface area contributed by atoms with Gasteiger partial charge in [0, 0.05) is 6.07 Å². The van der Waals surface area contributed by atoms with Gasteiger partial charge >= 0.3 is 0 Å². The largest absolute Gasteiger partial charge is 0.495 e. The second kappa shape index (κ2) is 5.83. The molecule has 0 fully saturated rings. The van der Waals surface area contributed by atoms with E-state index in [0.29, 0.717) is 23.9 Å². The van der Waals surface area contributed by atoms with Crippen LogP contribution < -0.4 is 15.2 Å². The maximum Gasteiger partial charge on any atom is 0.137 e. The SMILES string of the molecule is COc1cc(C)c(OCCCN)cc1Cl. The molecule has 84 valence electrons. The van der Waals surface area contributed by atoms with Crippen molar-refractivity contribution in [3.63, 3.8) is 0 Å². The molecule has 0 aliphatic rings. The Balaban J connectivity index is 2.76. The molecule has 0 amide bonds. The van der Waals surface area contributed by atoms with Crippen LogP contribution in [0.2, 0.25) is 5.02 Å². The summed E-state index contributed by atoms with van der Waals surface area (Å²) < 4.78 is 10.6. The molecule has 0 radical (unpaired) electrons. The zero-order valence-corrected chi connectivity index (χ0v) is 9.80. The molecule has 2 N–H and O–H groups in total. The Bertz CT molecular complexity index is 329. The Kier molecular flexibility index (Phi) is 4.72. The van der Waals surface area contributed by atoms with Crippen molar-refractivity contribution in [3.05, 3.63) is 22.7 Å². The lowest BCUT2D eigenvalue weighted by molar-refractivity contribution is 0.310. The van der Waals surface area contributed by atoms with Gasteiger partial charge in [-0.3, -0.25) is 0 Å². The first-order valence-electron chi connectivity index (χ1n) is 4.86. The minimum Gasteiger partial charge on any atom is -0.495 e. The van der Waals surface area contributed by atoms with Crippen molar-refractivity contribution in [3.8, 4) is 11.5 Å². The highest BCUT2D eigenvalue weighted by Crippen LogP contribution is 2.31. The second-order valence-electron chi connectivity index (χ2n) is 3.24. The van der Waals surface area contributed by atoms with Gasteiger partial charge in [0.05, 0.1) is 18.7 Å². The molecule has 0 saturated heterocycles. The quantitative estimate of drug-likeness (QED) is 0.789. The zero-order valence-electron chi connectivity index (χ0n) is 9.05. The number of nitrogens with two attached hydrogens (primary N) is 1. The molecule has 0 aliphatic carbocycles. The minimum absolute atomic E-state index is 0.561. The van der Waals surface area contributed by atoms with E-state index in [9.17, 15) is 0 Å². The Labute approximate surface area is 95.1 Å². The molecule has 0 atom stereocenters. The van der Waals surface area contributed by atoms with Crippen LogP contribution in [0.1, 0.15) is 12.0 Å². The summed E-state index contributed by atoms with van der Waals surface area (Å²) in [6.45, 7) is 3.19. The Morgan fingerprint density at radius 2 is 2.07 bits per heavy atom. The number of hydrogen-bond donors (Lipinski definition) is 1. The van der Waals surface area contributed by atoms with Crippen LogP contribution in [0.3, 0.4) is 0 Å². The van der Waals surface area contributed by atoms with E-state index in [1.807, 2.05) is 13.0 Å². The van der Waals surface area contributed by atoms with E-state index in [1.54, 1.807) is 13.2 Å². The van der Waals surface area contributed by atoms with Crippen LogP contribution in [-0.4, -0.2) is 20.3 Å². The van der Waals surface area contributed by atoms with E-state index >= 15 is 0 Å². The molecule has 15 heavy (non-hydrogen) atoms. The van der Waals surface area contributed by atoms with Gasteiger partial charge in [0.1, 0.15) is 11.5 Å². The number of aryl methyl sites for hydroxylation is 1. The van der Waals surface area contributed by atoms with Gasteiger partial charge in [0.15, 0.2) is 0 Å². The number of methoxy groups -OCH3 is 1. The molecule has 0 bridgehead atoms. The van der Waals surface area contributed by atoms with Crippen LogP contribution in [0, 0.1) is 6.92 Å². The molecular formula is C11H16ClNO2. The molecule has 1 rings (SSSR count). The van der Waals surface area contributed by atoms with E-state index in [1.165, 1.54) is 0 Å². The molecule has 1 aromatic carbocycles. The highest BCUT2D eigenvalue weighted by Gasteiger charge is 2.06. The third-order valence-electron chi connectivity index (χ3n) is 2.06. The van der Waals surface area contributed by atoms with Gasteiger partial charge in [-0.05, 0) is 31.5 Å². The van der Waals surface area contributed by atoms with E-state index in [-0.39, 0.29) is 0 Å². The van der Waals surface area contributed by atoms with Crippen molar-refractivity contribution < 1.29 is 9.47 Å². The van der Waals surface area contributed by atoms with E-state index < -0.39 is 0 Å². The number of benzene rings is 1. The monoisotopic (exact) mass is 229 g/mol. The Morgan fingerprint density at radius 3 is 2.67 bits per heavy atom. The van der Waals surface area contributed by atoms with Gasteiger partial charge in [-0.25, -0.2) is 0 Å². The summed E-state index contributed by atoms with van der Waals surface area (Å²) in [6.07, 6.45) is 0.836. The third-order valence-corrected chi connectivity index (χ3v) is 2.35. The van der Waals surface area contributed by atoms with E-state index in [4.69, 9.17) is 26.8 Å². The van der Waals surface area contributed by atoms with Crippen molar-refractivity contribution >= 4 is 11.6 Å². The summed E-state index contributed by atoms with van der Waals surface area (Å²) in [7, 11) is 1.59. The Morgan fingerprint density at radius 1 is 1.33 bits per heavy atom. The lowest BCUT2D eigenvalue weighted by atomic mass is 10.2. The summed E-state index contributed by atoms with van der Waals surface area (Å²) in [4.78, 5) is 0. The molecule has 0 heterocycles. The van der Waals surface area contributed by atoms with Gasteiger partial charge in [-0.1, -0.05) is 11.6 Å². The molecule has 0 spiro atoms.